The fourth-order valence-corrected chi connectivity index (χ4v) is 2.75. The van der Waals surface area contributed by atoms with Gasteiger partial charge in [-0.15, -0.1) is 0 Å². The second-order valence-corrected chi connectivity index (χ2v) is 5.60. The van der Waals surface area contributed by atoms with E-state index in [1.807, 2.05) is 55.5 Å². The third-order valence-corrected chi connectivity index (χ3v) is 3.93. The van der Waals surface area contributed by atoms with Crippen LogP contribution in [0.4, 0.5) is 5.69 Å². The molecule has 0 aliphatic carbocycles. The summed E-state index contributed by atoms with van der Waals surface area (Å²) in [5.74, 6) is -0.0841. The van der Waals surface area contributed by atoms with Gasteiger partial charge in [0, 0.05) is 11.3 Å². The molecular formula is C18H18N2O2. The van der Waals surface area contributed by atoms with Crippen LogP contribution in [0.15, 0.2) is 48.5 Å². The predicted molar refractivity (Wildman–Crippen MR) is 85.7 cm³/mol. The maximum atomic E-state index is 12.3. The van der Waals surface area contributed by atoms with Crippen molar-refractivity contribution in [2.24, 2.45) is 0 Å². The number of hydrogen-bond donors (Lipinski definition) is 2. The highest BCUT2D eigenvalue weighted by atomic mass is 16.1. The van der Waals surface area contributed by atoms with E-state index in [1.54, 1.807) is 0 Å². The summed E-state index contributed by atoms with van der Waals surface area (Å²) >= 11 is 0. The molecule has 1 aliphatic heterocycles. The van der Waals surface area contributed by atoms with E-state index >= 15 is 0 Å². The van der Waals surface area contributed by atoms with Crippen molar-refractivity contribution in [3.8, 4) is 0 Å². The minimum absolute atomic E-state index is 0.0841. The van der Waals surface area contributed by atoms with Gasteiger partial charge in [-0.05, 0) is 18.6 Å². The van der Waals surface area contributed by atoms with Crippen LogP contribution in [0.5, 0.6) is 0 Å². The second kappa shape index (κ2) is 6.02. The molecule has 2 unspecified atom stereocenters. The van der Waals surface area contributed by atoms with Gasteiger partial charge < -0.3 is 15.4 Å². The molecule has 0 saturated heterocycles. The van der Waals surface area contributed by atoms with E-state index in [0.29, 0.717) is 6.42 Å². The Labute approximate surface area is 129 Å². The lowest BCUT2D eigenvalue weighted by atomic mass is 10.0. The van der Waals surface area contributed by atoms with E-state index < -0.39 is 6.04 Å². The van der Waals surface area contributed by atoms with Crippen LogP contribution in [0.25, 0.3) is 0 Å². The van der Waals surface area contributed by atoms with E-state index in [0.717, 1.165) is 23.1 Å². The van der Waals surface area contributed by atoms with E-state index in [4.69, 9.17) is 0 Å². The Kier molecular flexibility index (Phi) is 3.92. The zero-order chi connectivity index (χ0) is 15.5. The second-order valence-electron chi connectivity index (χ2n) is 5.60. The third-order valence-electron chi connectivity index (χ3n) is 3.93. The molecule has 0 spiro atoms. The predicted octanol–water partition coefficient (Wildman–Crippen LogP) is 2.39. The molecule has 0 fully saturated rings. The molecule has 3 rings (SSSR count). The first-order chi connectivity index (χ1) is 10.7. The Morgan fingerprint density at radius 1 is 1.18 bits per heavy atom. The van der Waals surface area contributed by atoms with Crippen molar-refractivity contribution in [3.05, 3.63) is 65.2 Å². The van der Waals surface area contributed by atoms with Crippen molar-refractivity contribution >= 4 is 17.9 Å². The van der Waals surface area contributed by atoms with Crippen LogP contribution in [0.2, 0.25) is 0 Å². The van der Waals surface area contributed by atoms with Gasteiger partial charge in [0.25, 0.3) is 0 Å². The molecule has 2 aromatic rings. The molecule has 0 bridgehead atoms. The number of anilines is 1. The average Bonchev–Trinajstić information content (AvgIpc) is 2.87. The summed E-state index contributed by atoms with van der Waals surface area (Å²) in [6.45, 7) is 2.01. The van der Waals surface area contributed by atoms with E-state index in [2.05, 4.69) is 10.6 Å². The fraction of sp³-hybridized carbons (Fsp3) is 0.222. The summed E-state index contributed by atoms with van der Waals surface area (Å²) in [7, 11) is 0. The van der Waals surface area contributed by atoms with Gasteiger partial charge in [0.2, 0.25) is 5.91 Å². The van der Waals surface area contributed by atoms with Crippen LogP contribution in [0.3, 0.4) is 0 Å². The Morgan fingerprint density at radius 2 is 1.91 bits per heavy atom. The number of hydrogen-bond acceptors (Lipinski definition) is 3. The number of carbonyl (C=O) groups is 2. The Morgan fingerprint density at radius 3 is 2.64 bits per heavy atom. The molecule has 0 aromatic heterocycles. The van der Waals surface area contributed by atoms with Crippen LogP contribution in [0.1, 0.15) is 22.7 Å². The van der Waals surface area contributed by atoms with Crippen molar-refractivity contribution in [3.63, 3.8) is 0 Å². The van der Waals surface area contributed by atoms with E-state index in [1.165, 1.54) is 5.56 Å². The van der Waals surface area contributed by atoms with Crippen LogP contribution in [-0.4, -0.2) is 18.2 Å². The molecule has 2 aromatic carbocycles. The molecule has 112 valence electrons. The standard InChI is InChI=1S/C18H18N2O2/c1-12-6-8-13(9-7-12)10-17(22)20-18-14-4-2-3-5-15(14)19-16(18)11-21/h2-9,11,16,18-19H,10H2,1H3,(H,20,22). The number of nitrogens with one attached hydrogen (secondary N) is 2. The SMILES string of the molecule is Cc1ccc(CC(=O)NC2c3ccccc3NC2C=O)cc1. The smallest absolute Gasteiger partial charge is 0.224 e. The minimum Gasteiger partial charge on any atom is -0.373 e. The summed E-state index contributed by atoms with van der Waals surface area (Å²) in [5.41, 5.74) is 3.99. The molecule has 1 aliphatic rings. The number of fused-ring (bicyclic) bond motifs is 1. The van der Waals surface area contributed by atoms with Gasteiger partial charge in [0.05, 0.1) is 12.5 Å². The molecule has 1 amide bonds. The zero-order valence-electron chi connectivity index (χ0n) is 12.4. The number of aryl methyl sites for hydroxylation is 1. The molecule has 22 heavy (non-hydrogen) atoms. The molecule has 0 saturated carbocycles. The lowest BCUT2D eigenvalue weighted by molar-refractivity contribution is -0.121. The Bertz CT molecular complexity index is 694. The van der Waals surface area contributed by atoms with Gasteiger partial charge in [0.15, 0.2) is 0 Å². The molecule has 4 nitrogen and oxygen atoms in total. The monoisotopic (exact) mass is 294 g/mol. The summed E-state index contributed by atoms with van der Waals surface area (Å²) in [6, 6.07) is 14.8. The summed E-state index contributed by atoms with van der Waals surface area (Å²) in [4.78, 5) is 23.5. The van der Waals surface area contributed by atoms with Gasteiger partial charge in [-0.25, -0.2) is 0 Å². The van der Waals surface area contributed by atoms with Crippen molar-refractivity contribution in [2.45, 2.75) is 25.4 Å². The van der Waals surface area contributed by atoms with Crippen molar-refractivity contribution in [1.29, 1.82) is 0 Å². The maximum Gasteiger partial charge on any atom is 0.224 e. The van der Waals surface area contributed by atoms with Gasteiger partial charge in [0.1, 0.15) is 12.3 Å². The number of rotatable bonds is 4. The van der Waals surface area contributed by atoms with Crippen molar-refractivity contribution < 1.29 is 9.59 Å². The number of benzene rings is 2. The topological polar surface area (TPSA) is 58.2 Å². The first-order valence-electron chi connectivity index (χ1n) is 7.33. The van der Waals surface area contributed by atoms with E-state index in [-0.39, 0.29) is 11.9 Å². The largest absolute Gasteiger partial charge is 0.373 e. The molecule has 4 heteroatoms. The van der Waals surface area contributed by atoms with Crippen molar-refractivity contribution in [1.82, 2.24) is 5.32 Å². The first kappa shape index (κ1) is 14.3. The number of aldehydes is 1. The first-order valence-corrected chi connectivity index (χ1v) is 7.33. The highest BCUT2D eigenvalue weighted by Gasteiger charge is 2.32. The van der Waals surface area contributed by atoms with Crippen LogP contribution >= 0.6 is 0 Å². The van der Waals surface area contributed by atoms with Crippen LogP contribution < -0.4 is 10.6 Å². The molecular weight excluding hydrogens is 276 g/mol. The number of amides is 1. The average molecular weight is 294 g/mol. The summed E-state index contributed by atoms with van der Waals surface area (Å²) in [6.07, 6.45) is 1.15. The lowest BCUT2D eigenvalue weighted by Gasteiger charge is -2.17. The van der Waals surface area contributed by atoms with Crippen LogP contribution in [-0.2, 0) is 16.0 Å². The Hall–Kier alpha value is -2.62. The van der Waals surface area contributed by atoms with Gasteiger partial charge in [-0.2, -0.15) is 0 Å². The quantitative estimate of drug-likeness (QED) is 0.851. The van der Waals surface area contributed by atoms with Crippen LogP contribution in [0, 0.1) is 6.92 Å². The van der Waals surface area contributed by atoms with Gasteiger partial charge in [-0.3, -0.25) is 4.79 Å². The third kappa shape index (κ3) is 2.86. The highest BCUT2D eigenvalue weighted by molar-refractivity contribution is 5.82. The highest BCUT2D eigenvalue weighted by Crippen LogP contribution is 2.33. The van der Waals surface area contributed by atoms with E-state index in [9.17, 15) is 9.59 Å². The normalized spacial score (nSPS) is 19.1. The zero-order valence-corrected chi connectivity index (χ0v) is 12.4. The fourth-order valence-electron chi connectivity index (χ4n) is 2.75. The minimum atomic E-state index is -0.417. The number of carbonyl (C=O) groups excluding carboxylic acids is 2. The van der Waals surface area contributed by atoms with Gasteiger partial charge in [-0.1, -0.05) is 48.0 Å². The van der Waals surface area contributed by atoms with Gasteiger partial charge >= 0.3 is 0 Å². The summed E-state index contributed by atoms with van der Waals surface area (Å²) in [5, 5.41) is 6.09. The number of para-hydroxylation sites is 1. The Balaban J connectivity index is 1.72. The molecule has 2 atom stereocenters. The summed E-state index contributed by atoms with van der Waals surface area (Å²) < 4.78 is 0. The lowest BCUT2D eigenvalue weighted by Crippen LogP contribution is -2.37. The molecule has 0 radical (unpaired) electrons. The van der Waals surface area contributed by atoms with Crippen molar-refractivity contribution in [2.75, 3.05) is 5.32 Å². The molecule has 1 heterocycles. The maximum absolute atomic E-state index is 12.3. The molecule has 2 N–H and O–H groups in total.